The Morgan fingerprint density at radius 3 is 2.65 bits per heavy atom. The SMILES string of the molecule is [2H]C([2H])([2H])Oc1cc(Nc2nc(Cl)c(CC)nc2C(N)=O)ccc1N1CCC(N2CCN(C([2H])([2H])[2H])CC2)CC1. The zero-order valence-corrected chi connectivity index (χ0v) is 19.9. The minimum atomic E-state index is -2.68. The molecule has 0 unspecified atom stereocenters. The minimum Gasteiger partial charge on any atom is -0.495 e. The van der Waals surface area contributed by atoms with Gasteiger partial charge in [-0.15, -0.1) is 0 Å². The Labute approximate surface area is 214 Å². The van der Waals surface area contributed by atoms with Crippen LogP contribution in [0.15, 0.2) is 18.2 Å². The summed E-state index contributed by atoms with van der Waals surface area (Å²) in [4.78, 5) is 26.4. The second kappa shape index (κ2) is 10.8. The molecule has 1 aromatic carbocycles. The second-order valence-electron chi connectivity index (χ2n) is 8.53. The molecule has 1 aromatic heterocycles. The number of primary amides is 1. The molecule has 184 valence electrons. The monoisotopic (exact) mass is 493 g/mol. The van der Waals surface area contributed by atoms with E-state index in [1.807, 2.05) is 6.92 Å². The summed E-state index contributed by atoms with van der Waals surface area (Å²) in [6.45, 7) is 3.56. The van der Waals surface area contributed by atoms with E-state index in [-0.39, 0.29) is 22.4 Å². The Kier molecular flexibility index (Phi) is 5.62. The maximum atomic E-state index is 12.0. The van der Waals surface area contributed by atoms with Crippen molar-refractivity contribution in [1.82, 2.24) is 19.8 Å². The highest BCUT2D eigenvalue weighted by molar-refractivity contribution is 6.30. The van der Waals surface area contributed by atoms with Crippen molar-refractivity contribution < 1.29 is 17.8 Å². The summed E-state index contributed by atoms with van der Waals surface area (Å²) in [6, 6.07) is 5.36. The fraction of sp³-hybridized carbons (Fsp3) is 0.542. The standard InChI is InChI=1S/C24H34ClN7O2/c1-4-18-22(25)29-24(21(28-18)23(26)33)27-16-5-6-19(20(15-16)34-3)32-9-7-17(8-10-32)31-13-11-30(2)12-14-31/h5-6,15,17H,4,7-14H2,1-3H3,(H2,26,33)(H,27,29)/i2D3,3D3. The van der Waals surface area contributed by atoms with E-state index >= 15 is 0 Å². The number of piperidine rings is 1. The number of nitrogens with zero attached hydrogens (tertiary/aromatic N) is 5. The van der Waals surface area contributed by atoms with Crippen LogP contribution >= 0.6 is 11.6 Å². The molecular weight excluding hydrogens is 454 g/mol. The van der Waals surface area contributed by atoms with Crippen LogP contribution in [-0.4, -0.2) is 85.0 Å². The normalized spacial score (nSPS) is 21.5. The van der Waals surface area contributed by atoms with Gasteiger partial charge in [-0.25, -0.2) is 9.97 Å². The van der Waals surface area contributed by atoms with Crippen LogP contribution in [0.4, 0.5) is 17.2 Å². The van der Waals surface area contributed by atoms with E-state index in [0.717, 1.165) is 12.8 Å². The zero-order chi connectivity index (χ0) is 29.2. The van der Waals surface area contributed by atoms with Crippen molar-refractivity contribution in [1.29, 1.82) is 0 Å². The molecular formula is C24H34ClN7O2. The number of hydrogen-bond donors (Lipinski definition) is 2. The largest absolute Gasteiger partial charge is 0.495 e. The molecule has 10 heteroatoms. The summed E-state index contributed by atoms with van der Waals surface area (Å²) in [7, 11) is -2.68. The van der Waals surface area contributed by atoms with Gasteiger partial charge in [0.05, 0.1) is 22.5 Å². The van der Waals surface area contributed by atoms with E-state index in [9.17, 15) is 4.79 Å². The smallest absolute Gasteiger partial charge is 0.271 e. The van der Waals surface area contributed by atoms with Gasteiger partial charge >= 0.3 is 0 Å². The third kappa shape index (κ3) is 5.37. The van der Waals surface area contributed by atoms with Crippen LogP contribution in [0.1, 0.15) is 44.2 Å². The number of methoxy groups -OCH3 is 1. The van der Waals surface area contributed by atoms with E-state index in [1.165, 1.54) is 11.0 Å². The number of rotatable bonds is 7. The van der Waals surface area contributed by atoms with E-state index < -0.39 is 19.9 Å². The number of carbonyl (C=O) groups excluding carboxylic acids is 1. The Morgan fingerprint density at radius 1 is 1.24 bits per heavy atom. The summed E-state index contributed by atoms with van der Waals surface area (Å²) >= 11 is 6.21. The van der Waals surface area contributed by atoms with Gasteiger partial charge in [0.1, 0.15) is 5.75 Å². The number of nitrogens with two attached hydrogens (primary N) is 1. The Balaban J connectivity index is 1.50. The van der Waals surface area contributed by atoms with Crippen molar-refractivity contribution >= 4 is 34.7 Å². The quantitative estimate of drug-likeness (QED) is 0.607. The summed E-state index contributed by atoms with van der Waals surface area (Å²) in [5.41, 5.74) is 6.91. The number of benzene rings is 1. The molecule has 34 heavy (non-hydrogen) atoms. The van der Waals surface area contributed by atoms with E-state index in [4.69, 9.17) is 30.3 Å². The molecule has 0 radical (unpaired) electrons. The molecule has 2 aromatic rings. The van der Waals surface area contributed by atoms with E-state index in [0.29, 0.717) is 68.8 Å². The van der Waals surface area contributed by atoms with Crippen LogP contribution in [0.2, 0.25) is 5.15 Å². The van der Waals surface area contributed by atoms with Gasteiger partial charge < -0.3 is 25.6 Å². The van der Waals surface area contributed by atoms with Crippen molar-refractivity contribution in [2.45, 2.75) is 32.2 Å². The predicted molar refractivity (Wildman–Crippen MR) is 136 cm³/mol. The van der Waals surface area contributed by atoms with Gasteiger partial charge in [0.15, 0.2) is 16.7 Å². The third-order valence-corrected chi connectivity index (χ3v) is 6.76. The first-order valence-electron chi connectivity index (χ1n) is 14.5. The summed E-state index contributed by atoms with van der Waals surface area (Å²) in [5.74, 6) is -0.569. The van der Waals surface area contributed by atoms with Crippen LogP contribution in [0, 0.1) is 0 Å². The Bertz CT molecular complexity index is 1210. The molecule has 2 aliphatic rings. The molecule has 9 nitrogen and oxygen atoms in total. The van der Waals surface area contributed by atoms with Crippen LogP contribution in [0.5, 0.6) is 5.75 Å². The van der Waals surface area contributed by atoms with Gasteiger partial charge in [0.25, 0.3) is 5.91 Å². The fourth-order valence-electron chi connectivity index (χ4n) is 4.56. The van der Waals surface area contributed by atoms with Gasteiger partial charge in [0, 0.05) is 61.2 Å². The third-order valence-electron chi connectivity index (χ3n) is 6.46. The lowest BCUT2D eigenvalue weighted by Crippen LogP contribution is -2.52. The van der Waals surface area contributed by atoms with Crippen LogP contribution in [-0.2, 0) is 6.42 Å². The molecule has 3 heterocycles. The zero-order valence-electron chi connectivity index (χ0n) is 25.2. The number of amides is 1. The molecule has 0 spiro atoms. The number of aryl methyl sites for hydroxylation is 1. The maximum Gasteiger partial charge on any atom is 0.271 e. The molecule has 2 fully saturated rings. The molecule has 0 bridgehead atoms. The minimum absolute atomic E-state index is 0.0571. The summed E-state index contributed by atoms with van der Waals surface area (Å²) < 4.78 is 51.3. The average Bonchev–Trinajstić information content (AvgIpc) is 2.88. The Morgan fingerprint density at radius 2 is 2.00 bits per heavy atom. The second-order valence-corrected chi connectivity index (χ2v) is 8.88. The first kappa shape index (κ1) is 17.8. The number of carbonyl (C=O) groups is 1. The van der Waals surface area contributed by atoms with Crippen LogP contribution < -0.4 is 20.7 Å². The molecule has 0 saturated carbocycles. The lowest BCUT2D eigenvalue weighted by molar-refractivity contribution is 0.0981. The summed E-state index contributed by atoms with van der Waals surface area (Å²) in [5, 5.41) is 3.11. The van der Waals surface area contributed by atoms with Gasteiger partial charge in [-0.2, -0.15) is 0 Å². The lowest BCUT2D eigenvalue weighted by atomic mass is 10.0. The highest BCUT2D eigenvalue weighted by atomic mass is 35.5. The van der Waals surface area contributed by atoms with Crippen molar-refractivity contribution in [3.8, 4) is 5.75 Å². The number of aromatic nitrogens is 2. The molecule has 2 saturated heterocycles. The van der Waals surface area contributed by atoms with Gasteiger partial charge in [-0.05, 0) is 38.4 Å². The number of likely N-dealkylation sites (N-methyl/N-ethyl adjacent to an activating group) is 1. The predicted octanol–water partition coefficient (Wildman–Crippen LogP) is 2.76. The average molecular weight is 494 g/mol. The number of nitrogens with one attached hydrogen (secondary N) is 1. The maximum absolute atomic E-state index is 12.0. The number of halogens is 1. The van der Waals surface area contributed by atoms with Crippen LogP contribution in [0.25, 0.3) is 0 Å². The van der Waals surface area contributed by atoms with E-state index in [1.54, 1.807) is 12.1 Å². The first-order valence-corrected chi connectivity index (χ1v) is 11.8. The number of hydrogen-bond acceptors (Lipinski definition) is 8. The molecule has 0 atom stereocenters. The van der Waals surface area contributed by atoms with Gasteiger partial charge in [-0.3, -0.25) is 9.69 Å². The van der Waals surface area contributed by atoms with Crippen molar-refractivity contribution in [2.24, 2.45) is 5.73 Å². The number of anilines is 3. The summed E-state index contributed by atoms with van der Waals surface area (Å²) in [6.07, 6.45) is 2.16. The highest BCUT2D eigenvalue weighted by Gasteiger charge is 2.28. The van der Waals surface area contributed by atoms with E-state index in [2.05, 4.69) is 25.1 Å². The van der Waals surface area contributed by atoms with Crippen molar-refractivity contribution in [3.05, 3.63) is 34.7 Å². The number of piperazine rings is 1. The topological polar surface area (TPSA) is 99.8 Å². The van der Waals surface area contributed by atoms with Crippen LogP contribution in [0.3, 0.4) is 0 Å². The van der Waals surface area contributed by atoms with Crippen molar-refractivity contribution in [2.75, 3.05) is 63.5 Å². The lowest BCUT2D eigenvalue weighted by Gasteiger charge is -2.42. The van der Waals surface area contributed by atoms with Crippen molar-refractivity contribution in [3.63, 3.8) is 0 Å². The molecule has 2 aliphatic heterocycles. The first-order chi connectivity index (χ1) is 18.7. The molecule has 0 aliphatic carbocycles. The molecule has 4 rings (SSSR count). The van der Waals surface area contributed by atoms with Gasteiger partial charge in [0.2, 0.25) is 0 Å². The highest BCUT2D eigenvalue weighted by Crippen LogP contribution is 2.35. The molecule has 3 N–H and O–H groups in total. The van der Waals surface area contributed by atoms with Gasteiger partial charge in [-0.1, -0.05) is 18.5 Å². The fourth-order valence-corrected chi connectivity index (χ4v) is 4.82. The number of ether oxygens (including phenoxy) is 1. The molecule has 1 amide bonds. The Hall–Kier alpha value is -2.62.